The van der Waals surface area contributed by atoms with E-state index >= 15 is 0 Å². The first-order chi connectivity index (χ1) is 7.77. The summed E-state index contributed by atoms with van der Waals surface area (Å²) in [6.45, 7) is 0.838. The fourth-order valence-electron chi connectivity index (χ4n) is 2.06. The minimum atomic E-state index is 0.280. The molecule has 1 heterocycles. The van der Waals surface area contributed by atoms with Crippen LogP contribution in [0.5, 0.6) is 0 Å². The lowest BCUT2D eigenvalue weighted by Gasteiger charge is -2.27. The van der Waals surface area contributed by atoms with Crippen molar-refractivity contribution in [2.75, 3.05) is 11.9 Å². The molecule has 0 saturated heterocycles. The van der Waals surface area contributed by atoms with Gasteiger partial charge in [-0.1, -0.05) is 24.4 Å². The van der Waals surface area contributed by atoms with E-state index in [1.807, 2.05) is 0 Å². The molecule has 0 spiro atoms. The quantitative estimate of drug-likeness (QED) is 0.847. The van der Waals surface area contributed by atoms with Crippen LogP contribution in [-0.4, -0.2) is 21.9 Å². The van der Waals surface area contributed by atoms with Gasteiger partial charge in [-0.25, -0.2) is 9.97 Å². The average Bonchev–Trinajstić information content (AvgIpc) is 2.30. The number of hydrogen-bond acceptors (Lipinski definition) is 3. The molecule has 0 bridgehead atoms. The van der Waals surface area contributed by atoms with E-state index in [-0.39, 0.29) is 5.38 Å². The second-order valence-electron chi connectivity index (χ2n) is 4.16. The standard InChI is InChI=1S/C11H15Cl2N3/c12-9-4-2-1-3-8(9)5-15-11-10(13)6-14-7-16-11/h6-9H,1-5H2,(H,14,15,16). The van der Waals surface area contributed by atoms with Crippen molar-refractivity contribution in [2.24, 2.45) is 5.92 Å². The largest absolute Gasteiger partial charge is 0.368 e. The van der Waals surface area contributed by atoms with Crippen molar-refractivity contribution in [3.8, 4) is 0 Å². The summed E-state index contributed by atoms with van der Waals surface area (Å²) in [6, 6.07) is 0. The Bertz CT molecular complexity index is 346. The van der Waals surface area contributed by atoms with Crippen molar-refractivity contribution in [1.29, 1.82) is 0 Å². The topological polar surface area (TPSA) is 37.8 Å². The third-order valence-corrected chi connectivity index (χ3v) is 3.87. The lowest BCUT2D eigenvalue weighted by Crippen LogP contribution is -2.27. The van der Waals surface area contributed by atoms with Gasteiger partial charge in [-0.2, -0.15) is 0 Å². The fourth-order valence-corrected chi connectivity index (χ4v) is 2.60. The second-order valence-corrected chi connectivity index (χ2v) is 5.13. The number of anilines is 1. The van der Waals surface area contributed by atoms with Crippen LogP contribution >= 0.6 is 23.2 Å². The molecule has 2 unspecified atom stereocenters. The smallest absolute Gasteiger partial charge is 0.148 e. The molecule has 0 aliphatic heterocycles. The Balaban J connectivity index is 1.89. The molecule has 16 heavy (non-hydrogen) atoms. The highest BCUT2D eigenvalue weighted by atomic mass is 35.5. The van der Waals surface area contributed by atoms with Crippen LogP contribution in [0.15, 0.2) is 12.5 Å². The zero-order chi connectivity index (χ0) is 11.4. The zero-order valence-corrected chi connectivity index (χ0v) is 10.5. The first kappa shape index (κ1) is 11.9. The van der Waals surface area contributed by atoms with E-state index in [9.17, 15) is 0 Å². The van der Waals surface area contributed by atoms with Crippen LogP contribution in [0.25, 0.3) is 0 Å². The molecule has 2 atom stereocenters. The van der Waals surface area contributed by atoms with Gasteiger partial charge in [0.05, 0.1) is 6.20 Å². The van der Waals surface area contributed by atoms with Crippen LogP contribution in [0.2, 0.25) is 5.02 Å². The molecule has 1 aliphatic rings. The van der Waals surface area contributed by atoms with E-state index < -0.39 is 0 Å². The molecule has 1 aromatic rings. The lowest BCUT2D eigenvalue weighted by atomic mass is 9.89. The van der Waals surface area contributed by atoms with Crippen molar-refractivity contribution >= 4 is 29.0 Å². The van der Waals surface area contributed by atoms with Gasteiger partial charge in [0.1, 0.15) is 17.2 Å². The molecule has 0 aromatic carbocycles. The summed E-state index contributed by atoms with van der Waals surface area (Å²) in [4.78, 5) is 7.94. The fraction of sp³-hybridized carbons (Fsp3) is 0.636. The summed E-state index contributed by atoms with van der Waals surface area (Å²) >= 11 is 12.2. The molecule has 1 saturated carbocycles. The highest BCUT2D eigenvalue weighted by molar-refractivity contribution is 6.32. The number of hydrogen-bond donors (Lipinski definition) is 1. The first-order valence-corrected chi connectivity index (χ1v) is 6.42. The average molecular weight is 260 g/mol. The van der Waals surface area contributed by atoms with Gasteiger partial charge in [-0.15, -0.1) is 11.6 Å². The highest BCUT2D eigenvalue weighted by Crippen LogP contribution is 2.29. The van der Waals surface area contributed by atoms with Gasteiger partial charge in [-0.3, -0.25) is 0 Å². The summed E-state index contributed by atoms with van der Waals surface area (Å²) < 4.78 is 0. The minimum absolute atomic E-state index is 0.280. The maximum Gasteiger partial charge on any atom is 0.148 e. The van der Waals surface area contributed by atoms with E-state index in [2.05, 4.69) is 15.3 Å². The van der Waals surface area contributed by atoms with Gasteiger partial charge in [0.25, 0.3) is 0 Å². The van der Waals surface area contributed by atoms with Crippen LogP contribution in [0, 0.1) is 5.92 Å². The van der Waals surface area contributed by atoms with Gasteiger partial charge >= 0.3 is 0 Å². The maximum absolute atomic E-state index is 6.28. The third-order valence-electron chi connectivity index (χ3n) is 3.02. The minimum Gasteiger partial charge on any atom is -0.368 e. The summed E-state index contributed by atoms with van der Waals surface area (Å²) in [5.74, 6) is 1.22. The Morgan fingerprint density at radius 3 is 2.94 bits per heavy atom. The molecule has 5 heteroatoms. The van der Waals surface area contributed by atoms with E-state index in [1.54, 1.807) is 6.20 Å². The SMILES string of the molecule is Clc1cncnc1NCC1CCCCC1Cl. The van der Waals surface area contributed by atoms with E-state index in [1.165, 1.54) is 25.6 Å². The number of alkyl halides is 1. The van der Waals surface area contributed by atoms with Crippen LogP contribution in [0.4, 0.5) is 5.82 Å². The van der Waals surface area contributed by atoms with Gasteiger partial charge in [0, 0.05) is 11.9 Å². The highest BCUT2D eigenvalue weighted by Gasteiger charge is 2.22. The molecule has 1 aromatic heterocycles. The molecule has 0 amide bonds. The number of aromatic nitrogens is 2. The number of rotatable bonds is 3. The van der Waals surface area contributed by atoms with Crippen molar-refractivity contribution in [2.45, 2.75) is 31.1 Å². The van der Waals surface area contributed by atoms with Crippen LogP contribution in [0.3, 0.4) is 0 Å². The second kappa shape index (κ2) is 5.69. The first-order valence-electron chi connectivity index (χ1n) is 5.61. The molecule has 1 fully saturated rings. The molecular formula is C11H15Cl2N3. The van der Waals surface area contributed by atoms with E-state index in [0.717, 1.165) is 13.0 Å². The Morgan fingerprint density at radius 1 is 1.38 bits per heavy atom. The van der Waals surface area contributed by atoms with Gasteiger partial charge < -0.3 is 5.32 Å². The number of nitrogens with one attached hydrogen (secondary N) is 1. The molecule has 0 radical (unpaired) electrons. The van der Waals surface area contributed by atoms with Crippen molar-refractivity contribution < 1.29 is 0 Å². The van der Waals surface area contributed by atoms with Crippen molar-refractivity contribution in [3.05, 3.63) is 17.5 Å². The molecule has 1 aliphatic carbocycles. The predicted octanol–water partition coefficient (Wildman–Crippen LogP) is 3.34. The van der Waals surface area contributed by atoms with E-state index in [0.29, 0.717) is 16.8 Å². The molecule has 88 valence electrons. The van der Waals surface area contributed by atoms with Crippen LogP contribution < -0.4 is 5.32 Å². The summed E-state index contributed by atoms with van der Waals surface area (Å²) in [5, 5.41) is 4.08. The Morgan fingerprint density at radius 2 is 2.19 bits per heavy atom. The predicted molar refractivity (Wildman–Crippen MR) is 67.1 cm³/mol. The van der Waals surface area contributed by atoms with Crippen LogP contribution in [0.1, 0.15) is 25.7 Å². The Labute approximate surface area is 106 Å². The monoisotopic (exact) mass is 259 g/mol. The van der Waals surface area contributed by atoms with Gasteiger partial charge in [0.15, 0.2) is 0 Å². The van der Waals surface area contributed by atoms with E-state index in [4.69, 9.17) is 23.2 Å². The summed E-state index contributed by atoms with van der Waals surface area (Å²) in [7, 11) is 0. The lowest BCUT2D eigenvalue weighted by molar-refractivity contribution is 0.380. The Hall–Kier alpha value is -0.540. The molecule has 1 N–H and O–H groups in total. The number of nitrogens with zero attached hydrogens (tertiary/aromatic N) is 2. The van der Waals surface area contributed by atoms with Crippen LogP contribution in [-0.2, 0) is 0 Å². The van der Waals surface area contributed by atoms with Crippen molar-refractivity contribution in [1.82, 2.24) is 9.97 Å². The zero-order valence-electron chi connectivity index (χ0n) is 9.00. The van der Waals surface area contributed by atoms with Gasteiger partial charge in [0.2, 0.25) is 0 Å². The molecular weight excluding hydrogens is 245 g/mol. The normalized spacial score (nSPS) is 25.4. The number of halogens is 2. The summed E-state index contributed by atoms with van der Waals surface area (Å²) in [5.41, 5.74) is 0. The molecule has 2 rings (SSSR count). The van der Waals surface area contributed by atoms with Crippen molar-refractivity contribution in [3.63, 3.8) is 0 Å². The Kier molecular flexibility index (Phi) is 4.24. The van der Waals surface area contributed by atoms with Gasteiger partial charge in [-0.05, 0) is 18.8 Å². The maximum atomic E-state index is 6.28. The third kappa shape index (κ3) is 2.98. The molecule has 3 nitrogen and oxygen atoms in total. The summed E-state index contributed by atoms with van der Waals surface area (Å²) in [6.07, 6.45) is 7.91.